The number of aryl methyl sites for hydroxylation is 2. The lowest BCUT2D eigenvalue weighted by Gasteiger charge is -2.32. The van der Waals surface area contributed by atoms with E-state index in [-0.39, 0.29) is 17.3 Å². The number of para-hydroxylation sites is 1. The van der Waals surface area contributed by atoms with Crippen molar-refractivity contribution < 1.29 is 18.0 Å². The standard InChI is InChI=1S/C29H35N3O4S/c1-5-18-30-29(34)24(4)31(20-25-11-9-10-23(3)19-25)28(33)21-32(26-12-7-6-8-13-26)37(35,36)27-16-14-22(2)15-17-27/h6-17,19,24H,5,18,20-21H2,1-4H3,(H,30,34)/t24-/m1/s1. The molecule has 0 fully saturated rings. The zero-order valence-corrected chi connectivity index (χ0v) is 22.7. The minimum Gasteiger partial charge on any atom is -0.354 e. The summed E-state index contributed by atoms with van der Waals surface area (Å²) in [5.41, 5.74) is 3.18. The molecular formula is C29H35N3O4S. The number of nitrogens with zero attached hydrogens (tertiary/aromatic N) is 2. The highest BCUT2D eigenvalue weighted by Crippen LogP contribution is 2.24. The van der Waals surface area contributed by atoms with Gasteiger partial charge in [-0.25, -0.2) is 8.42 Å². The van der Waals surface area contributed by atoms with Crippen LogP contribution in [0.5, 0.6) is 0 Å². The third kappa shape index (κ3) is 7.20. The van der Waals surface area contributed by atoms with E-state index in [0.29, 0.717) is 12.2 Å². The van der Waals surface area contributed by atoms with Crippen LogP contribution in [0.25, 0.3) is 0 Å². The molecule has 0 aliphatic carbocycles. The van der Waals surface area contributed by atoms with Gasteiger partial charge in [0.1, 0.15) is 12.6 Å². The van der Waals surface area contributed by atoms with Crippen LogP contribution in [0.2, 0.25) is 0 Å². The molecule has 0 aromatic heterocycles. The summed E-state index contributed by atoms with van der Waals surface area (Å²) in [6.45, 7) is 7.68. The fraction of sp³-hybridized carbons (Fsp3) is 0.310. The van der Waals surface area contributed by atoms with Gasteiger partial charge in [0.05, 0.1) is 10.6 Å². The van der Waals surface area contributed by atoms with E-state index >= 15 is 0 Å². The lowest BCUT2D eigenvalue weighted by atomic mass is 10.1. The fourth-order valence-corrected chi connectivity index (χ4v) is 5.36. The third-order valence-corrected chi connectivity index (χ3v) is 7.87. The van der Waals surface area contributed by atoms with Gasteiger partial charge in [-0.05, 0) is 57.0 Å². The molecule has 0 unspecified atom stereocenters. The summed E-state index contributed by atoms with van der Waals surface area (Å²) in [4.78, 5) is 28.2. The maximum atomic E-state index is 13.8. The Morgan fingerprint density at radius 3 is 2.19 bits per heavy atom. The summed E-state index contributed by atoms with van der Waals surface area (Å²) in [5.74, 6) is -0.754. The van der Waals surface area contributed by atoms with Crippen molar-refractivity contribution in [2.24, 2.45) is 0 Å². The molecule has 37 heavy (non-hydrogen) atoms. The molecule has 8 heteroatoms. The van der Waals surface area contributed by atoms with Gasteiger partial charge in [-0.3, -0.25) is 13.9 Å². The number of anilines is 1. The van der Waals surface area contributed by atoms with Crippen molar-refractivity contribution in [1.29, 1.82) is 0 Å². The molecule has 0 aliphatic heterocycles. The molecule has 3 aromatic carbocycles. The third-order valence-electron chi connectivity index (χ3n) is 6.08. The molecule has 196 valence electrons. The predicted molar refractivity (Wildman–Crippen MR) is 147 cm³/mol. The Bertz CT molecular complexity index is 1310. The van der Waals surface area contributed by atoms with Crippen LogP contribution in [0.1, 0.15) is 37.0 Å². The average molecular weight is 522 g/mol. The smallest absolute Gasteiger partial charge is 0.264 e. The first-order valence-corrected chi connectivity index (χ1v) is 13.8. The van der Waals surface area contributed by atoms with Gasteiger partial charge in [-0.1, -0.05) is 72.6 Å². The number of rotatable bonds is 11. The van der Waals surface area contributed by atoms with Gasteiger partial charge in [0, 0.05) is 13.1 Å². The number of sulfonamides is 1. The number of carbonyl (C=O) groups is 2. The highest BCUT2D eigenvalue weighted by Gasteiger charge is 2.32. The monoisotopic (exact) mass is 521 g/mol. The van der Waals surface area contributed by atoms with E-state index in [0.717, 1.165) is 27.4 Å². The maximum Gasteiger partial charge on any atom is 0.264 e. The molecule has 3 rings (SSSR count). The predicted octanol–water partition coefficient (Wildman–Crippen LogP) is 4.44. The van der Waals surface area contributed by atoms with Crippen LogP contribution in [0.4, 0.5) is 5.69 Å². The van der Waals surface area contributed by atoms with Crippen LogP contribution in [0.3, 0.4) is 0 Å². The van der Waals surface area contributed by atoms with Gasteiger partial charge in [0.25, 0.3) is 10.0 Å². The van der Waals surface area contributed by atoms with Gasteiger partial charge in [-0.15, -0.1) is 0 Å². The average Bonchev–Trinajstić information content (AvgIpc) is 2.89. The van der Waals surface area contributed by atoms with E-state index in [2.05, 4.69) is 5.32 Å². The van der Waals surface area contributed by atoms with Crippen LogP contribution >= 0.6 is 0 Å². The molecule has 0 radical (unpaired) electrons. The molecule has 7 nitrogen and oxygen atoms in total. The number of amides is 2. The second kappa shape index (κ2) is 12.5. The number of nitrogens with one attached hydrogen (secondary N) is 1. The lowest BCUT2D eigenvalue weighted by molar-refractivity contribution is -0.139. The highest BCUT2D eigenvalue weighted by molar-refractivity contribution is 7.92. The first-order chi connectivity index (χ1) is 17.6. The second-order valence-electron chi connectivity index (χ2n) is 9.14. The van der Waals surface area contributed by atoms with Crippen molar-refractivity contribution in [2.45, 2.75) is 51.6 Å². The fourth-order valence-electron chi connectivity index (χ4n) is 3.95. The van der Waals surface area contributed by atoms with Crippen LogP contribution < -0.4 is 9.62 Å². The topological polar surface area (TPSA) is 86.8 Å². The van der Waals surface area contributed by atoms with Crippen LogP contribution in [-0.2, 0) is 26.2 Å². The van der Waals surface area contributed by atoms with Crippen molar-refractivity contribution in [3.05, 3.63) is 95.6 Å². The first-order valence-electron chi connectivity index (χ1n) is 12.4. The molecular weight excluding hydrogens is 486 g/mol. The normalized spacial score (nSPS) is 12.0. The second-order valence-corrected chi connectivity index (χ2v) is 11.0. The largest absolute Gasteiger partial charge is 0.354 e. The van der Waals surface area contributed by atoms with Crippen LogP contribution in [0.15, 0.2) is 83.8 Å². The van der Waals surface area contributed by atoms with E-state index in [1.807, 2.05) is 45.0 Å². The zero-order valence-electron chi connectivity index (χ0n) is 21.8. The van der Waals surface area contributed by atoms with Crippen molar-refractivity contribution >= 4 is 27.5 Å². The van der Waals surface area contributed by atoms with Gasteiger partial charge in [0.2, 0.25) is 11.8 Å². The molecule has 3 aromatic rings. The SMILES string of the molecule is CCCNC(=O)[C@@H](C)N(Cc1cccc(C)c1)C(=O)CN(c1ccccc1)S(=O)(=O)c1ccc(C)cc1. The van der Waals surface area contributed by atoms with Gasteiger partial charge >= 0.3 is 0 Å². The Morgan fingerprint density at radius 2 is 1.57 bits per heavy atom. The van der Waals surface area contributed by atoms with E-state index in [4.69, 9.17) is 0 Å². The van der Waals surface area contributed by atoms with Gasteiger partial charge in [0.15, 0.2) is 0 Å². The summed E-state index contributed by atoms with van der Waals surface area (Å²) >= 11 is 0. The maximum absolute atomic E-state index is 13.8. The minimum atomic E-state index is -4.05. The molecule has 0 bridgehead atoms. The lowest BCUT2D eigenvalue weighted by Crippen LogP contribution is -2.51. The number of carbonyl (C=O) groups excluding carboxylic acids is 2. The van der Waals surface area contributed by atoms with Crippen LogP contribution in [0, 0.1) is 13.8 Å². The van der Waals surface area contributed by atoms with E-state index in [9.17, 15) is 18.0 Å². The summed E-state index contributed by atoms with van der Waals surface area (Å²) in [6, 6.07) is 22.0. The molecule has 0 saturated carbocycles. The summed E-state index contributed by atoms with van der Waals surface area (Å²) < 4.78 is 28.6. The number of hydrogen-bond donors (Lipinski definition) is 1. The van der Waals surface area contributed by atoms with Gasteiger partial charge in [-0.2, -0.15) is 0 Å². The molecule has 1 N–H and O–H groups in total. The van der Waals surface area contributed by atoms with Crippen molar-refractivity contribution in [2.75, 3.05) is 17.4 Å². The van der Waals surface area contributed by atoms with E-state index < -0.39 is 28.5 Å². The molecule has 0 heterocycles. The Labute approximate surface area is 220 Å². The molecule has 1 atom stereocenters. The van der Waals surface area contributed by atoms with Gasteiger partial charge < -0.3 is 10.2 Å². The quantitative estimate of drug-likeness (QED) is 0.404. The Kier molecular flexibility index (Phi) is 9.47. The molecule has 2 amide bonds. The van der Waals surface area contributed by atoms with Crippen molar-refractivity contribution in [3.8, 4) is 0 Å². The summed E-state index contributed by atoms with van der Waals surface area (Å²) in [5, 5.41) is 2.85. The van der Waals surface area contributed by atoms with Crippen LogP contribution in [-0.4, -0.2) is 44.3 Å². The van der Waals surface area contributed by atoms with E-state index in [1.165, 1.54) is 17.0 Å². The number of benzene rings is 3. The molecule has 0 spiro atoms. The summed E-state index contributed by atoms with van der Waals surface area (Å²) in [6.07, 6.45) is 0.765. The Hall–Kier alpha value is -3.65. The molecule has 0 saturated heterocycles. The molecule has 0 aliphatic rings. The summed E-state index contributed by atoms with van der Waals surface area (Å²) in [7, 11) is -4.05. The van der Waals surface area contributed by atoms with Crippen molar-refractivity contribution in [1.82, 2.24) is 10.2 Å². The minimum absolute atomic E-state index is 0.0914. The Balaban J connectivity index is 1.99. The Morgan fingerprint density at radius 1 is 0.892 bits per heavy atom. The van der Waals surface area contributed by atoms with Crippen molar-refractivity contribution in [3.63, 3.8) is 0 Å². The first kappa shape index (κ1) is 27.9. The zero-order chi connectivity index (χ0) is 27.0. The van der Waals surface area contributed by atoms with E-state index in [1.54, 1.807) is 49.4 Å². The number of hydrogen-bond acceptors (Lipinski definition) is 4. The highest BCUT2D eigenvalue weighted by atomic mass is 32.2.